The van der Waals surface area contributed by atoms with Crippen LogP contribution in [0, 0.1) is 0 Å². The first kappa shape index (κ1) is 35.0. The van der Waals surface area contributed by atoms with Crippen molar-refractivity contribution in [2.24, 2.45) is 5.73 Å². The van der Waals surface area contributed by atoms with Crippen molar-refractivity contribution < 1.29 is 14.4 Å². The summed E-state index contributed by atoms with van der Waals surface area (Å²) in [6, 6.07) is 8.89. The fraction of sp³-hybridized carbons (Fsp3) is 0.480. The number of nitrogens with one attached hydrogen (secondary N) is 3. The van der Waals surface area contributed by atoms with E-state index in [9.17, 15) is 14.4 Å². The SMILES string of the molecule is CN(C)CCN1C(=O)c2cccc3cc(NC(=O)CNCCCCNCCCN)cc(c23)C1=O.Cl.Cl.Cl. The lowest BCUT2D eigenvalue weighted by Gasteiger charge is -2.28. The number of imide groups is 1. The number of nitrogens with two attached hydrogens (primary N) is 1. The molecule has 0 radical (unpaired) electrons. The van der Waals surface area contributed by atoms with Gasteiger partial charge in [0.2, 0.25) is 5.91 Å². The van der Waals surface area contributed by atoms with E-state index in [2.05, 4.69) is 16.0 Å². The van der Waals surface area contributed by atoms with Crippen LogP contribution in [0.4, 0.5) is 5.69 Å². The molecule has 0 atom stereocenters. The van der Waals surface area contributed by atoms with Crippen LogP contribution in [0.2, 0.25) is 0 Å². The van der Waals surface area contributed by atoms with Crippen LogP contribution < -0.4 is 21.7 Å². The Morgan fingerprint density at radius 2 is 1.57 bits per heavy atom. The van der Waals surface area contributed by atoms with Gasteiger partial charge in [-0.2, -0.15) is 0 Å². The van der Waals surface area contributed by atoms with E-state index in [1.165, 1.54) is 4.90 Å². The number of halogens is 3. The van der Waals surface area contributed by atoms with Crippen molar-refractivity contribution >= 4 is 71.4 Å². The Morgan fingerprint density at radius 1 is 0.919 bits per heavy atom. The maximum atomic E-state index is 13.2. The van der Waals surface area contributed by atoms with Gasteiger partial charge in [0.1, 0.15) is 0 Å². The van der Waals surface area contributed by atoms with Gasteiger partial charge in [-0.05, 0) is 83.1 Å². The van der Waals surface area contributed by atoms with Gasteiger partial charge >= 0.3 is 0 Å². The highest BCUT2D eigenvalue weighted by Gasteiger charge is 2.33. The molecule has 0 aromatic heterocycles. The minimum atomic E-state index is -0.329. The molecule has 0 bridgehead atoms. The summed E-state index contributed by atoms with van der Waals surface area (Å²) in [7, 11) is 3.80. The minimum absolute atomic E-state index is 0. The molecule has 0 unspecified atom stereocenters. The molecule has 2 aromatic carbocycles. The molecule has 0 spiro atoms. The summed E-state index contributed by atoms with van der Waals surface area (Å²) in [6.07, 6.45) is 2.98. The predicted molar refractivity (Wildman–Crippen MR) is 157 cm³/mol. The molecular formula is C25H39Cl3N6O3. The smallest absolute Gasteiger partial charge is 0.261 e. The van der Waals surface area contributed by atoms with Crippen LogP contribution in [0.15, 0.2) is 30.3 Å². The highest BCUT2D eigenvalue weighted by atomic mass is 35.5. The summed E-state index contributed by atoms with van der Waals surface area (Å²) in [5.41, 5.74) is 6.97. The van der Waals surface area contributed by atoms with Crippen LogP contribution in [-0.2, 0) is 4.79 Å². The molecular weight excluding hydrogens is 539 g/mol. The standard InChI is InChI=1S/C25H36N6O3.3ClH/c1-30(2)13-14-31-24(33)20-8-5-7-18-15-19(16-21(23(18)20)25(31)34)29-22(32)17-28-11-4-3-10-27-12-6-9-26;;;/h5,7-8,15-16,27-28H,3-4,6,9-14,17,26H2,1-2H3,(H,29,32);3*1H. The number of hydrogen-bond acceptors (Lipinski definition) is 7. The highest BCUT2D eigenvalue weighted by Crippen LogP contribution is 2.32. The molecule has 3 amide bonds. The summed E-state index contributed by atoms with van der Waals surface area (Å²) in [5.74, 6) is -0.780. The van der Waals surface area contributed by atoms with E-state index in [1.54, 1.807) is 18.2 Å². The number of hydrogen-bond donors (Lipinski definition) is 4. The maximum absolute atomic E-state index is 13.2. The van der Waals surface area contributed by atoms with Crippen molar-refractivity contribution in [1.82, 2.24) is 20.4 Å². The zero-order valence-electron chi connectivity index (χ0n) is 21.4. The van der Waals surface area contributed by atoms with Gasteiger partial charge < -0.3 is 26.6 Å². The Morgan fingerprint density at radius 3 is 2.24 bits per heavy atom. The van der Waals surface area contributed by atoms with Crippen LogP contribution >= 0.6 is 37.2 Å². The van der Waals surface area contributed by atoms with Crippen LogP contribution in [0.5, 0.6) is 0 Å². The number of benzene rings is 2. The molecule has 1 aliphatic heterocycles. The number of rotatable bonds is 14. The second-order valence-electron chi connectivity index (χ2n) is 8.82. The fourth-order valence-electron chi connectivity index (χ4n) is 3.99. The van der Waals surface area contributed by atoms with Crippen LogP contribution in [0.3, 0.4) is 0 Å². The molecule has 1 aliphatic rings. The molecule has 37 heavy (non-hydrogen) atoms. The normalized spacial score (nSPS) is 12.2. The quantitative estimate of drug-likeness (QED) is 0.201. The van der Waals surface area contributed by atoms with E-state index in [0.29, 0.717) is 41.8 Å². The van der Waals surface area contributed by atoms with E-state index >= 15 is 0 Å². The number of anilines is 1. The van der Waals surface area contributed by atoms with E-state index in [0.717, 1.165) is 44.3 Å². The maximum Gasteiger partial charge on any atom is 0.261 e. The Hall–Kier alpha value is -1.98. The largest absolute Gasteiger partial charge is 0.330 e. The van der Waals surface area contributed by atoms with Crippen molar-refractivity contribution in [3.63, 3.8) is 0 Å². The monoisotopic (exact) mass is 576 g/mol. The van der Waals surface area contributed by atoms with E-state index in [4.69, 9.17) is 5.73 Å². The molecule has 3 rings (SSSR count). The summed E-state index contributed by atoms with van der Waals surface area (Å²) in [6.45, 7) is 4.40. The fourth-order valence-corrected chi connectivity index (χ4v) is 3.99. The molecule has 0 fully saturated rings. The molecule has 0 aliphatic carbocycles. The molecule has 0 saturated carbocycles. The Kier molecular flexibility index (Phi) is 16.6. The van der Waals surface area contributed by atoms with Gasteiger partial charge in [0.15, 0.2) is 0 Å². The first-order chi connectivity index (χ1) is 16.4. The third kappa shape index (κ3) is 9.68. The van der Waals surface area contributed by atoms with Gasteiger partial charge in [-0.1, -0.05) is 12.1 Å². The number of nitrogens with zero attached hydrogens (tertiary/aromatic N) is 2. The van der Waals surface area contributed by atoms with Gasteiger partial charge in [0.25, 0.3) is 11.8 Å². The topological polar surface area (TPSA) is 120 Å². The lowest BCUT2D eigenvalue weighted by atomic mass is 9.93. The van der Waals surface area contributed by atoms with Crippen molar-refractivity contribution in [3.8, 4) is 0 Å². The molecule has 2 aromatic rings. The molecule has 5 N–H and O–H groups in total. The second kappa shape index (κ2) is 17.5. The summed E-state index contributed by atoms with van der Waals surface area (Å²) in [4.78, 5) is 41.8. The summed E-state index contributed by atoms with van der Waals surface area (Å²) >= 11 is 0. The van der Waals surface area contributed by atoms with Crippen molar-refractivity contribution in [2.75, 3.05) is 65.2 Å². The third-order valence-corrected chi connectivity index (χ3v) is 5.78. The molecule has 9 nitrogen and oxygen atoms in total. The van der Waals surface area contributed by atoms with Gasteiger partial charge in [0.05, 0.1) is 12.1 Å². The van der Waals surface area contributed by atoms with E-state index in [1.807, 2.05) is 31.1 Å². The van der Waals surface area contributed by atoms with Crippen molar-refractivity contribution in [3.05, 3.63) is 41.5 Å². The van der Waals surface area contributed by atoms with Gasteiger partial charge in [-0.15, -0.1) is 37.2 Å². The average molecular weight is 578 g/mol. The number of carbonyl (C=O) groups is 3. The Balaban J connectivity index is 0.00000432. The van der Waals surface area contributed by atoms with E-state index < -0.39 is 0 Å². The number of unbranched alkanes of at least 4 members (excludes halogenated alkanes) is 1. The van der Waals surface area contributed by atoms with E-state index in [-0.39, 0.29) is 61.5 Å². The molecule has 208 valence electrons. The number of likely N-dealkylation sites (N-methyl/N-ethyl adjacent to an activating group) is 1. The summed E-state index contributed by atoms with van der Waals surface area (Å²) < 4.78 is 0. The first-order valence-corrected chi connectivity index (χ1v) is 11.9. The lowest BCUT2D eigenvalue weighted by Crippen LogP contribution is -2.43. The Labute approximate surface area is 237 Å². The zero-order chi connectivity index (χ0) is 24.5. The molecule has 12 heteroatoms. The Bertz CT molecular complexity index is 1040. The first-order valence-electron chi connectivity index (χ1n) is 11.9. The van der Waals surface area contributed by atoms with Crippen LogP contribution in [0.25, 0.3) is 10.8 Å². The third-order valence-electron chi connectivity index (χ3n) is 5.78. The second-order valence-corrected chi connectivity index (χ2v) is 8.82. The van der Waals surface area contributed by atoms with Crippen LogP contribution in [-0.4, -0.2) is 87.4 Å². The number of amides is 3. The van der Waals surface area contributed by atoms with Gasteiger partial charge in [-0.3, -0.25) is 19.3 Å². The lowest BCUT2D eigenvalue weighted by molar-refractivity contribution is -0.115. The molecule has 1 heterocycles. The molecule has 0 saturated heterocycles. The summed E-state index contributed by atoms with van der Waals surface area (Å²) in [5, 5.41) is 10.8. The minimum Gasteiger partial charge on any atom is -0.330 e. The number of carbonyl (C=O) groups excluding carboxylic acids is 3. The van der Waals surface area contributed by atoms with Crippen molar-refractivity contribution in [1.29, 1.82) is 0 Å². The predicted octanol–water partition coefficient (Wildman–Crippen LogP) is 2.51. The van der Waals surface area contributed by atoms with Crippen LogP contribution in [0.1, 0.15) is 40.0 Å². The highest BCUT2D eigenvalue weighted by molar-refractivity contribution is 6.26. The average Bonchev–Trinajstić information content (AvgIpc) is 2.81. The van der Waals surface area contributed by atoms with Crippen molar-refractivity contribution in [2.45, 2.75) is 19.3 Å². The van der Waals surface area contributed by atoms with Gasteiger partial charge in [-0.25, -0.2) is 0 Å². The van der Waals surface area contributed by atoms with Gasteiger partial charge in [0, 0.05) is 29.7 Å². The zero-order valence-corrected chi connectivity index (χ0v) is 23.8.